The fourth-order valence-corrected chi connectivity index (χ4v) is 2.35. The van der Waals surface area contributed by atoms with E-state index in [1.165, 1.54) is 6.07 Å². The summed E-state index contributed by atoms with van der Waals surface area (Å²) in [5.41, 5.74) is 0.997. The van der Waals surface area contributed by atoms with Crippen LogP contribution in [-0.4, -0.2) is 23.4 Å². The fraction of sp³-hybridized carbons (Fsp3) is 0.462. The van der Waals surface area contributed by atoms with Gasteiger partial charge in [-0.1, -0.05) is 13.0 Å². The zero-order chi connectivity index (χ0) is 14.0. The molecule has 2 rings (SSSR count). The van der Waals surface area contributed by atoms with Crippen LogP contribution in [0.1, 0.15) is 18.9 Å². The molecular formula is C13H17N3O3. The minimum atomic E-state index is -0.443. The molecule has 1 saturated heterocycles. The Kier molecular flexibility index (Phi) is 3.80. The Balaban J connectivity index is 2.17. The highest BCUT2D eigenvalue weighted by molar-refractivity contribution is 5.96. The van der Waals surface area contributed by atoms with Crippen molar-refractivity contribution in [1.82, 2.24) is 5.32 Å². The largest absolute Gasteiger partial charge is 0.324 e. The quantitative estimate of drug-likeness (QED) is 0.643. The second kappa shape index (κ2) is 5.36. The zero-order valence-corrected chi connectivity index (χ0v) is 11.0. The molecule has 2 unspecified atom stereocenters. The Labute approximate surface area is 111 Å². The first-order chi connectivity index (χ1) is 9.00. The summed E-state index contributed by atoms with van der Waals surface area (Å²) >= 11 is 0. The molecule has 1 heterocycles. The van der Waals surface area contributed by atoms with Crippen molar-refractivity contribution >= 4 is 17.3 Å². The SMILES string of the molecule is Cc1c(NC(=O)C2NCCC2C)cccc1[N+](=O)[O-]. The summed E-state index contributed by atoms with van der Waals surface area (Å²) in [6, 6.07) is 4.46. The van der Waals surface area contributed by atoms with E-state index in [4.69, 9.17) is 0 Å². The molecule has 2 N–H and O–H groups in total. The summed E-state index contributed by atoms with van der Waals surface area (Å²) in [7, 11) is 0. The molecule has 0 radical (unpaired) electrons. The number of rotatable bonds is 3. The van der Waals surface area contributed by atoms with Crippen molar-refractivity contribution in [1.29, 1.82) is 0 Å². The topological polar surface area (TPSA) is 84.3 Å². The molecule has 1 fully saturated rings. The normalized spacial score (nSPS) is 22.2. The summed E-state index contributed by atoms with van der Waals surface area (Å²) in [6.07, 6.45) is 0.964. The Hall–Kier alpha value is -1.95. The van der Waals surface area contributed by atoms with Crippen molar-refractivity contribution < 1.29 is 9.72 Å². The van der Waals surface area contributed by atoms with Gasteiger partial charge < -0.3 is 10.6 Å². The maximum absolute atomic E-state index is 12.1. The Bertz CT molecular complexity index is 516. The average Bonchev–Trinajstić information content (AvgIpc) is 2.77. The number of nitro benzene ring substituents is 1. The number of anilines is 1. The lowest BCUT2D eigenvalue weighted by Gasteiger charge is -2.16. The number of amides is 1. The Morgan fingerprint density at radius 3 is 2.84 bits per heavy atom. The van der Waals surface area contributed by atoms with Gasteiger partial charge in [0.2, 0.25) is 5.91 Å². The third kappa shape index (κ3) is 2.73. The highest BCUT2D eigenvalue weighted by Gasteiger charge is 2.29. The van der Waals surface area contributed by atoms with Crippen molar-refractivity contribution in [2.45, 2.75) is 26.3 Å². The molecule has 2 atom stereocenters. The molecule has 19 heavy (non-hydrogen) atoms. The molecule has 0 spiro atoms. The highest BCUT2D eigenvalue weighted by atomic mass is 16.6. The van der Waals surface area contributed by atoms with E-state index in [1.54, 1.807) is 19.1 Å². The third-order valence-corrected chi connectivity index (χ3v) is 3.58. The first kappa shape index (κ1) is 13.5. The highest BCUT2D eigenvalue weighted by Crippen LogP contribution is 2.26. The molecule has 6 heteroatoms. The first-order valence-corrected chi connectivity index (χ1v) is 6.29. The maximum Gasteiger partial charge on any atom is 0.274 e. The molecule has 1 aliphatic heterocycles. The standard InChI is InChI=1S/C13H17N3O3/c1-8-6-7-14-12(8)13(17)15-10-4-3-5-11(9(10)2)16(18)19/h3-5,8,12,14H,6-7H2,1-2H3,(H,15,17). The lowest BCUT2D eigenvalue weighted by atomic mass is 10.0. The summed E-state index contributed by atoms with van der Waals surface area (Å²) < 4.78 is 0. The molecule has 1 aromatic carbocycles. The van der Waals surface area contributed by atoms with Gasteiger partial charge in [0.25, 0.3) is 5.69 Å². The lowest BCUT2D eigenvalue weighted by Crippen LogP contribution is -2.39. The van der Waals surface area contributed by atoms with Gasteiger partial charge in [0, 0.05) is 6.07 Å². The van der Waals surface area contributed by atoms with Crippen molar-refractivity contribution in [2.75, 3.05) is 11.9 Å². The Morgan fingerprint density at radius 2 is 2.26 bits per heavy atom. The van der Waals surface area contributed by atoms with Crippen LogP contribution in [0.25, 0.3) is 0 Å². The number of nitrogens with zero attached hydrogens (tertiary/aromatic N) is 1. The van der Waals surface area contributed by atoms with Crippen LogP contribution in [0.2, 0.25) is 0 Å². The molecule has 1 aromatic rings. The molecule has 1 amide bonds. The molecular weight excluding hydrogens is 246 g/mol. The van der Waals surface area contributed by atoms with E-state index in [1.807, 2.05) is 6.92 Å². The number of hydrogen-bond donors (Lipinski definition) is 2. The smallest absolute Gasteiger partial charge is 0.274 e. The zero-order valence-electron chi connectivity index (χ0n) is 11.0. The predicted octanol–water partition coefficient (Wildman–Crippen LogP) is 1.84. The molecule has 0 aliphatic carbocycles. The second-order valence-corrected chi connectivity index (χ2v) is 4.89. The van der Waals surface area contributed by atoms with Crippen LogP contribution < -0.4 is 10.6 Å². The van der Waals surface area contributed by atoms with Crippen molar-refractivity contribution in [3.05, 3.63) is 33.9 Å². The van der Waals surface area contributed by atoms with Crippen molar-refractivity contribution in [3.8, 4) is 0 Å². The summed E-state index contributed by atoms with van der Waals surface area (Å²) in [4.78, 5) is 22.5. The van der Waals surface area contributed by atoms with Crippen LogP contribution in [-0.2, 0) is 4.79 Å². The minimum absolute atomic E-state index is 0.0187. The van der Waals surface area contributed by atoms with E-state index in [9.17, 15) is 14.9 Å². The van der Waals surface area contributed by atoms with Crippen LogP contribution in [0.5, 0.6) is 0 Å². The van der Waals surface area contributed by atoms with Crippen LogP contribution in [0.15, 0.2) is 18.2 Å². The number of carbonyl (C=O) groups is 1. The monoisotopic (exact) mass is 263 g/mol. The number of nitrogens with one attached hydrogen (secondary N) is 2. The summed E-state index contributed by atoms with van der Waals surface area (Å²) in [6.45, 7) is 4.48. The lowest BCUT2D eigenvalue weighted by molar-refractivity contribution is -0.385. The molecule has 0 saturated carbocycles. The van der Waals surface area contributed by atoms with Gasteiger partial charge in [-0.3, -0.25) is 14.9 Å². The van der Waals surface area contributed by atoms with E-state index in [2.05, 4.69) is 10.6 Å². The molecule has 0 bridgehead atoms. The summed E-state index contributed by atoms with van der Waals surface area (Å²) in [5, 5.41) is 16.8. The first-order valence-electron chi connectivity index (χ1n) is 6.29. The van der Waals surface area contributed by atoms with Crippen LogP contribution >= 0.6 is 0 Å². The van der Waals surface area contributed by atoms with Gasteiger partial charge in [0.15, 0.2) is 0 Å². The van der Waals surface area contributed by atoms with Crippen LogP contribution in [0, 0.1) is 23.0 Å². The van der Waals surface area contributed by atoms with E-state index in [0.29, 0.717) is 11.3 Å². The van der Waals surface area contributed by atoms with Gasteiger partial charge in [0.05, 0.1) is 22.2 Å². The third-order valence-electron chi connectivity index (χ3n) is 3.58. The van der Waals surface area contributed by atoms with Gasteiger partial charge in [-0.15, -0.1) is 0 Å². The van der Waals surface area contributed by atoms with Gasteiger partial charge in [0.1, 0.15) is 0 Å². The minimum Gasteiger partial charge on any atom is -0.324 e. The number of benzene rings is 1. The van der Waals surface area contributed by atoms with Gasteiger partial charge in [-0.05, 0) is 31.9 Å². The van der Waals surface area contributed by atoms with E-state index in [0.717, 1.165) is 13.0 Å². The van der Waals surface area contributed by atoms with E-state index >= 15 is 0 Å². The second-order valence-electron chi connectivity index (χ2n) is 4.89. The van der Waals surface area contributed by atoms with Crippen LogP contribution in [0.3, 0.4) is 0 Å². The molecule has 6 nitrogen and oxygen atoms in total. The van der Waals surface area contributed by atoms with Gasteiger partial charge in [-0.25, -0.2) is 0 Å². The number of nitro groups is 1. The maximum atomic E-state index is 12.1. The number of carbonyl (C=O) groups excluding carboxylic acids is 1. The van der Waals surface area contributed by atoms with Gasteiger partial charge in [-0.2, -0.15) is 0 Å². The average molecular weight is 263 g/mol. The molecule has 1 aliphatic rings. The molecule has 0 aromatic heterocycles. The fourth-order valence-electron chi connectivity index (χ4n) is 2.35. The van der Waals surface area contributed by atoms with Crippen molar-refractivity contribution in [3.63, 3.8) is 0 Å². The van der Waals surface area contributed by atoms with E-state index < -0.39 is 4.92 Å². The molecule has 102 valence electrons. The van der Waals surface area contributed by atoms with Crippen LogP contribution in [0.4, 0.5) is 11.4 Å². The summed E-state index contributed by atoms with van der Waals surface area (Å²) in [5.74, 6) is 0.146. The number of hydrogen-bond acceptors (Lipinski definition) is 4. The predicted molar refractivity (Wildman–Crippen MR) is 72.0 cm³/mol. The van der Waals surface area contributed by atoms with Gasteiger partial charge >= 0.3 is 0 Å². The van der Waals surface area contributed by atoms with Crippen molar-refractivity contribution in [2.24, 2.45) is 5.92 Å². The Morgan fingerprint density at radius 1 is 1.53 bits per heavy atom. The van der Waals surface area contributed by atoms with E-state index in [-0.39, 0.29) is 23.6 Å².